The van der Waals surface area contributed by atoms with Gasteiger partial charge in [-0.3, -0.25) is 4.79 Å². The SMILES string of the molecule is COc1cccc(C2C3=C(CCCC3=O)Nc3nc(-c4ccccc4OC)nn32)c1. The van der Waals surface area contributed by atoms with Crippen LogP contribution in [-0.2, 0) is 4.79 Å². The Kier molecular flexibility index (Phi) is 4.50. The quantitative estimate of drug-likeness (QED) is 0.711. The Morgan fingerprint density at radius 2 is 1.93 bits per heavy atom. The van der Waals surface area contributed by atoms with Crippen LogP contribution in [0.4, 0.5) is 5.95 Å². The van der Waals surface area contributed by atoms with Gasteiger partial charge in [-0.2, -0.15) is 4.98 Å². The summed E-state index contributed by atoms with van der Waals surface area (Å²) in [5.74, 6) is 2.76. The summed E-state index contributed by atoms with van der Waals surface area (Å²) in [5, 5.41) is 8.17. The lowest BCUT2D eigenvalue weighted by atomic mass is 9.85. The summed E-state index contributed by atoms with van der Waals surface area (Å²) in [6.07, 6.45) is 2.20. The molecule has 1 atom stereocenters. The van der Waals surface area contributed by atoms with Crippen molar-refractivity contribution in [2.75, 3.05) is 19.5 Å². The van der Waals surface area contributed by atoms with Gasteiger partial charge in [0.1, 0.15) is 17.5 Å². The number of anilines is 1. The number of methoxy groups -OCH3 is 2. The van der Waals surface area contributed by atoms with Gasteiger partial charge in [-0.1, -0.05) is 24.3 Å². The highest BCUT2D eigenvalue weighted by Crippen LogP contribution is 2.41. The van der Waals surface area contributed by atoms with E-state index in [9.17, 15) is 4.79 Å². The lowest BCUT2D eigenvalue weighted by molar-refractivity contribution is -0.116. The van der Waals surface area contributed by atoms with Crippen molar-refractivity contribution < 1.29 is 14.3 Å². The number of Topliss-reactive ketones (excluding diaryl/α,β-unsaturated/α-hetero) is 1. The maximum atomic E-state index is 12.9. The number of ether oxygens (including phenoxy) is 2. The Balaban J connectivity index is 1.69. The van der Waals surface area contributed by atoms with E-state index in [4.69, 9.17) is 19.6 Å². The van der Waals surface area contributed by atoms with Crippen molar-refractivity contribution in [2.45, 2.75) is 25.3 Å². The van der Waals surface area contributed by atoms with Crippen LogP contribution in [0.2, 0.25) is 0 Å². The lowest BCUT2D eigenvalue weighted by Gasteiger charge is -2.32. The Bertz CT molecular complexity index is 1160. The topological polar surface area (TPSA) is 78.3 Å². The number of carbonyl (C=O) groups excluding carboxylic acids is 1. The van der Waals surface area contributed by atoms with Gasteiger partial charge in [0.25, 0.3) is 0 Å². The zero-order chi connectivity index (χ0) is 20.7. The summed E-state index contributed by atoms with van der Waals surface area (Å²) in [5.41, 5.74) is 3.44. The molecule has 0 radical (unpaired) electrons. The Hall–Kier alpha value is -3.61. The highest BCUT2D eigenvalue weighted by molar-refractivity contribution is 5.99. The predicted molar refractivity (Wildman–Crippen MR) is 113 cm³/mol. The molecular weight excluding hydrogens is 380 g/mol. The third-order valence-electron chi connectivity index (χ3n) is 5.63. The summed E-state index contributed by atoms with van der Waals surface area (Å²) < 4.78 is 12.7. The predicted octanol–water partition coefficient (Wildman–Crippen LogP) is 3.98. The van der Waals surface area contributed by atoms with Crippen LogP contribution in [0.3, 0.4) is 0 Å². The normalized spacial score (nSPS) is 17.8. The van der Waals surface area contributed by atoms with Crippen molar-refractivity contribution in [3.05, 3.63) is 65.4 Å². The standard InChI is InChI=1S/C23H22N4O3/c1-29-15-8-5-7-14(13-15)21-20-17(10-6-11-18(20)28)24-23-25-22(26-27(21)23)16-9-3-4-12-19(16)30-2/h3-5,7-9,12-13,21H,6,10-11H2,1-2H3,(H,24,25,26). The number of carbonyl (C=O) groups is 1. The van der Waals surface area contributed by atoms with E-state index >= 15 is 0 Å². The molecule has 2 aromatic carbocycles. The molecule has 0 amide bonds. The smallest absolute Gasteiger partial charge is 0.226 e. The van der Waals surface area contributed by atoms with Crippen molar-refractivity contribution in [3.8, 4) is 22.9 Å². The molecule has 7 heteroatoms. The number of para-hydroxylation sites is 1. The van der Waals surface area contributed by atoms with Gasteiger partial charge < -0.3 is 14.8 Å². The molecule has 0 bridgehead atoms. The van der Waals surface area contributed by atoms with Crippen molar-refractivity contribution in [2.24, 2.45) is 0 Å². The molecule has 1 N–H and O–H groups in total. The van der Waals surface area contributed by atoms with Gasteiger partial charge in [0.15, 0.2) is 11.6 Å². The van der Waals surface area contributed by atoms with Gasteiger partial charge in [-0.15, -0.1) is 5.10 Å². The van der Waals surface area contributed by atoms with Gasteiger partial charge >= 0.3 is 0 Å². The maximum absolute atomic E-state index is 12.9. The van der Waals surface area contributed by atoms with E-state index in [1.165, 1.54) is 0 Å². The van der Waals surface area contributed by atoms with E-state index in [1.54, 1.807) is 18.9 Å². The van der Waals surface area contributed by atoms with Crippen LogP contribution in [0.5, 0.6) is 11.5 Å². The van der Waals surface area contributed by atoms with Crippen LogP contribution in [0.25, 0.3) is 11.4 Å². The first-order valence-corrected chi connectivity index (χ1v) is 9.96. The van der Waals surface area contributed by atoms with Crippen molar-refractivity contribution >= 4 is 11.7 Å². The van der Waals surface area contributed by atoms with Crippen molar-refractivity contribution in [3.63, 3.8) is 0 Å². The second-order valence-electron chi connectivity index (χ2n) is 7.38. The second-order valence-corrected chi connectivity index (χ2v) is 7.38. The Labute approximate surface area is 174 Å². The molecule has 30 heavy (non-hydrogen) atoms. The molecule has 1 aromatic heterocycles. The molecule has 0 fully saturated rings. The molecule has 152 valence electrons. The Morgan fingerprint density at radius 1 is 1.07 bits per heavy atom. The van der Waals surface area contributed by atoms with E-state index in [0.29, 0.717) is 23.9 Å². The summed E-state index contributed by atoms with van der Waals surface area (Å²) in [4.78, 5) is 17.7. The third-order valence-corrected chi connectivity index (χ3v) is 5.63. The molecule has 0 saturated carbocycles. The van der Waals surface area contributed by atoms with Gasteiger partial charge in [-0.25, -0.2) is 4.68 Å². The average molecular weight is 402 g/mol. The van der Waals surface area contributed by atoms with Crippen LogP contribution in [0.15, 0.2) is 59.8 Å². The Morgan fingerprint density at radius 3 is 2.77 bits per heavy atom. The molecule has 1 unspecified atom stereocenters. The average Bonchev–Trinajstić information content (AvgIpc) is 3.21. The fraction of sp³-hybridized carbons (Fsp3) is 0.261. The molecule has 5 rings (SSSR count). The van der Waals surface area contributed by atoms with Gasteiger partial charge in [-0.05, 0) is 42.7 Å². The largest absolute Gasteiger partial charge is 0.497 e. The minimum absolute atomic E-state index is 0.150. The fourth-order valence-corrected chi connectivity index (χ4v) is 4.22. The lowest BCUT2D eigenvalue weighted by Crippen LogP contribution is -2.31. The number of nitrogens with zero attached hydrogens (tertiary/aromatic N) is 3. The number of nitrogens with one attached hydrogen (secondary N) is 1. The first-order valence-electron chi connectivity index (χ1n) is 9.96. The van der Waals surface area contributed by atoms with Crippen LogP contribution in [-0.4, -0.2) is 34.8 Å². The minimum atomic E-state index is -0.352. The number of benzene rings is 2. The number of rotatable bonds is 4. The number of hydrogen-bond acceptors (Lipinski definition) is 6. The van der Waals surface area contributed by atoms with E-state index in [0.717, 1.165) is 41.0 Å². The van der Waals surface area contributed by atoms with E-state index < -0.39 is 0 Å². The number of ketones is 1. The van der Waals surface area contributed by atoms with E-state index in [1.807, 2.05) is 48.5 Å². The molecule has 3 aromatic rings. The summed E-state index contributed by atoms with van der Waals surface area (Å²) in [6, 6.07) is 15.1. The highest BCUT2D eigenvalue weighted by atomic mass is 16.5. The number of aromatic nitrogens is 3. The van der Waals surface area contributed by atoms with Crippen molar-refractivity contribution in [1.82, 2.24) is 14.8 Å². The van der Waals surface area contributed by atoms with E-state index in [2.05, 4.69) is 5.32 Å². The zero-order valence-corrected chi connectivity index (χ0v) is 16.9. The summed E-state index contributed by atoms with van der Waals surface area (Å²) in [6.45, 7) is 0. The maximum Gasteiger partial charge on any atom is 0.226 e. The van der Waals surface area contributed by atoms with Gasteiger partial charge in [0.2, 0.25) is 5.95 Å². The van der Waals surface area contributed by atoms with Crippen LogP contribution in [0.1, 0.15) is 30.9 Å². The molecule has 7 nitrogen and oxygen atoms in total. The van der Waals surface area contributed by atoms with Crippen LogP contribution >= 0.6 is 0 Å². The summed E-state index contributed by atoms with van der Waals surface area (Å²) in [7, 11) is 3.27. The van der Waals surface area contributed by atoms with Crippen LogP contribution in [0, 0.1) is 0 Å². The van der Waals surface area contributed by atoms with Gasteiger partial charge in [0.05, 0.1) is 19.8 Å². The highest BCUT2D eigenvalue weighted by Gasteiger charge is 2.37. The molecule has 2 aliphatic rings. The number of fused-ring (bicyclic) bond motifs is 1. The molecule has 2 heterocycles. The number of allylic oxidation sites excluding steroid dienone is 2. The summed E-state index contributed by atoms with van der Waals surface area (Å²) >= 11 is 0. The molecule has 1 aliphatic heterocycles. The third kappa shape index (κ3) is 2.94. The second kappa shape index (κ2) is 7.33. The van der Waals surface area contributed by atoms with Crippen LogP contribution < -0.4 is 14.8 Å². The van der Waals surface area contributed by atoms with Crippen molar-refractivity contribution in [1.29, 1.82) is 0 Å². The fourth-order valence-electron chi connectivity index (χ4n) is 4.22. The van der Waals surface area contributed by atoms with Gasteiger partial charge in [0, 0.05) is 17.7 Å². The number of hydrogen-bond donors (Lipinski definition) is 1. The molecular formula is C23H22N4O3. The minimum Gasteiger partial charge on any atom is -0.497 e. The monoisotopic (exact) mass is 402 g/mol. The zero-order valence-electron chi connectivity index (χ0n) is 16.9. The first kappa shape index (κ1) is 18.4. The molecule has 0 saturated heterocycles. The molecule has 0 spiro atoms. The molecule has 1 aliphatic carbocycles. The van der Waals surface area contributed by atoms with E-state index in [-0.39, 0.29) is 11.8 Å². The first-order chi connectivity index (χ1) is 14.7.